The molecular formula is C28H34N8O. The Morgan fingerprint density at radius 3 is 2.84 bits per heavy atom. The van der Waals surface area contributed by atoms with E-state index in [1.165, 1.54) is 34.0 Å². The number of aryl methyl sites for hydroxylation is 1. The quantitative estimate of drug-likeness (QED) is 0.529. The molecule has 1 amide bonds. The van der Waals surface area contributed by atoms with Crippen LogP contribution in [-0.4, -0.2) is 50.7 Å². The van der Waals surface area contributed by atoms with Crippen LogP contribution in [0.3, 0.4) is 0 Å². The zero-order valence-corrected chi connectivity index (χ0v) is 21.6. The van der Waals surface area contributed by atoms with Crippen molar-refractivity contribution in [3.63, 3.8) is 0 Å². The number of nitrogens with two attached hydrogens (primary N) is 1. The average molecular weight is 499 g/mol. The van der Waals surface area contributed by atoms with Crippen molar-refractivity contribution in [1.29, 1.82) is 5.26 Å². The third-order valence-electron chi connectivity index (χ3n) is 7.88. The number of carbonyl (C=O) groups excluding carboxylic acids is 1. The highest BCUT2D eigenvalue weighted by Gasteiger charge is 2.32. The molecule has 1 aliphatic heterocycles. The number of nitrogens with one attached hydrogen (secondary N) is 1. The maximum atomic E-state index is 12.9. The van der Waals surface area contributed by atoms with E-state index in [0.717, 1.165) is 50.8 Å². The molecule has 1 saturated carbocycles. The van der Waals surface area contributed by atoms with Crippen LogP contribution in [0.1, 0.15) is 65.6 Å². The number of nitrogens with zero attached hydrogens (tertiary/aromatic N) is 6. The fraction of sp³-hybridized carbons (Fsp3) is 0.464. The van der Waals surface area contributed by atoms with Gasteiger partial charge in [-0.15, -0.1) is 0 Å². The van der Waals surface area contributed by atoms with Crippen LogP contribution in [0, 0.1) is 23.7 Å². The maximum Gasteiger partial charge on any atom is 0.254 e. The smallest absolute Gasteiger partial charge is 0.254 e. The Bertz CT molecular complexity index is 1350. The van der Waals surface area contributed by atoms with Gasteiger partial charge in [0.1, 0.15) is 0 Å². The molecule has 0 spiro atoms. The third kappa shape index (κ3) is 5.20. The lowest BCUT2D eigenvalue weighted by molar-refractivity contribution is 0.0911. The van der Waals surface area contributed by atoms with Crippen LogP contribution in [0.5, 0.6) is 0 Å². The number of carbonyl (C=O) groups is 1. The second-order valence-electron chi connectivity index (χ2n) is 10.6. The zero-order valence-electron chi connectivity index (χ0n) is 21.6. The van der Waals surface area contributed by atoms with E-state index in [2.05, 4.69) is 52.5 Å². The first-order chi connectivity index (χ1) is 17.9. The minimum atomic E-state index is -0.216. The van der Waals surface area contributed by atoms with E-state index in [-0.39, 0.29) is 17.1 Å². The summed E-state index contributed by atoms with van der Waals surface area (Å²) in [6.45, 7) is 4.61. The first-order valence-electron chi connectivity index (χ1n) is 13.0. The summed E-state index contributed by atoms with van der Waals surface area (Å²) in [4.78, 5) is 24.4. The van der Waals surface area contributed by atoms with E-state index in [9.17, 15) is 10.1 Å². The normalized spacial score (nSPS) is 17.1. The third-order valence-corrected chi connectivity index (χ3v) is 7.88. The van der Waals surface area contributed by atoms with Crippen molar-refractivity contribution in [2.45, 2.75) is 58.4 Å². The molecule has 2 aromatic heterocycles. The zero-order chi connectivity index (χ0) is 26.0. The average Bonchev–Trinajstić information content (AvgIpc) is 3.38. The van der Waals surface area contributed by atoms with Crippen LogP contribution in [0.15, 0.2) is 30.7 Å². The lowest BCUT2D eigenvalue weighted by Crippen LogP contribution is -2.38. The fourth-order valence-electron chi connectivity index (χ4n) is 5.72. The highest BCUT2D eigenvalue weighted by atomic mass is 16.1. The summed E-state index contributed by atoms with van der Waals surface area (Å²) in [6.07, 6.45) is 11.7. The first-order valence-corrected chi connectivity index (χ1v) is 13.0. The minimum absolute atomic E-state index is 0.134. The van der Waals surface area contributed by atoms with Gasteiger partial charge in [-0.25, -0.2) is 14.6 Å². The molecule has 192 valence electrons. The number of fused-ring (bicyclic) bond motifs is 1. The molecule has 0 unspecified atom stereocenters. The molecule has 0 bridgehead atoms. The van der Waals surface area contributed by atoms with E-state index in [0.29, 0.717) is 30.0 Å². The number of anilines is 1. The highest BCUT2D eigenvalue weighted by molar-refractivity contribution is 5.93. The number of aromatic nitrogens is 4. The summed E-state index contributed by atoms with van der Waals surface area (Å²) in [7, 11) is 2.13. The lowest BCUT2D eigenvalue weighted by atomic mass is 9.72. The van der Waals surface area contributed by atoms with Crippen molar-refractivity contribution >= 4 is 11.7 Å². The molecule has 9 nitrogen and oxygen atoms in total. The van der Waals surface area contributed by atoms with Gasteiger partial charge in [-0.2, -0.15) is 10.4 Å². The summed E-state index contributed by atoms with van der Waals surface area (Å²) >= 11 is 0. The Balaban J connectivity index is 1.36. The van der Waals surface area contributed by atoms with Crippen LogP contribution in [0.25, 0.3) is 17.1 Å². The van der Waals surface area contributed by atoms with E-state index in [1.54, 1.807) is 12.4 Å². The van der Waals surface area contributed by atoms with Crippen LogP contribution in [0.2, 0.25) is 0 Å². The molecule has 1 fully saturated rings. The first kappa shape index (κ1) is 24.9. The summed E-state index contributed by atoms with van der Waals surface area (Å²) in [5, 5.41) is 16.7. The van der Waals surface area contributed by atoms with E-state index in [4.69, 9.17) is 10.7 Å². The van der Waals surface area contributed by atoms with Crippen molar-refractivity contribution in [3.8, 4) is 23.1 Å². The second-order valence-corrected chi connectivity index (χ2v) is 10.6. The molecule has 9 heteroatoms. The van der Waals surface area contributed by atoms with Gasteiger partial charge < -0.3 is 16.0 Å². The number of rotatable bonds is 6. The van der Waals surface area contributed by atoms with Crippen molar-refractivity contribution in [2.75, 3.05) is 25.9 Å². The number of hydrogen-bond donors (Lipinski definition) is 2. The predicted molar refractivity (Wildman–Crippen MR) is 142 cm³/mol. The van der Waals surface area contributed by atoms with Gasteiger partial charge in [0.25, 0.3) is 5.91 Å². The van der Waals surface area contributed by atoms with Crippen molar-refractivity contribution < 1.29 is 4.79 Å². The fourth-order valence-corrected chi connectivity index (χ4v) is 5.72. The number of likely N-dealkylation sites (N-methyl/N-ethyl adjacent to an activating group) is 1. The van der Waals surface area contributed by atoms with Gasteiger partial charge in [0.2, 0.25) is 0 Å². The molecule has 2 aliphatic rings. The Hall–Kier alpha value is -3.77. The summed E-state index contributed by atoms with van der Waals surface area (Å²) < 4.78 is 1.51. The number of nitrogen functional groups attached to an aromatic ring is 1. The molecule has 0 saturated heterocycles. The van der Waals surface area contributed by atoms with E-state index in [1.807, 2.05) is 0 Å². The van der Waals surface area contributed by atoms with Crippen LogP contribution in [0.4, 0.5) is 5.82 Å². The molecule has 37 heavy (non-hydrogen) atoms. The lowest BCUT2D eigenvalue weighted by Gasteiger charge is -2.35. The second kappa shape index (κ2) is 10.3. The predicted octanol–water partition coefficient (Wildman–Crippen LogP) is 3.80. The monoisotopic (exact) mass is 498 g/mol. The van der Waals surface area contributed by atoms with Crippen LogP contribution in [-0.2, 0) is 13.0 Å². The Kier molecular flexibility index (Phi) is 6.94. The standard InChI is InChI=1S/C28H34N8O/c1-19-12-20(13-21-16-35(2)11-6-23(19)21)24-15-31-25(30)26(34-24)36-17-22(14-33-36)27(37)32-18-28(9-10-29)7-4-3-5-8-28/h12-15,17H,3-9,11,16,18H2,1-2H3,(H2,30,31)(H,32,37). The van der Waals surface area contributed by atoms with Crippen LogP contribution < -0.4 is 11.1 Å². The number of nitriles is 1. The Morgan fingerprint density at radius 2 is 2.05 bits per heavy atom. The van der Waals surface area contributed by atoms with Gasteiger partial charge in [0.15, 0.2) is 11.6 Å². The van der Waals surface area contributed by atoms with Crippen molar-refractivity contribution in [1.82, 2.24) is 30.0 Å². The van der Waals surface area contributed by atoms with Crippen molar-refractivity contribution in [2.24, 2.45) is 5.41 Å². The van der Waals surface area contributed by atoms with Gasteiger partial charge >= 0.3 is 0 Å². The largest absolute Gasteiger partial charge is 0.381 e. The highest BCUT2D eigenvalue weighted by Crippen LogP contribution is 2.38. The molecule has 0 atom stereocenters. The SMILES string of the molecule is Cc1cc(-c2cnc(N)c(-n3cc(C(=O)NCC4(CC#N)CCCCC4)cn3)n2)cc2c1CCN(C)C2. The van der Waals surface area contributed by atoms with Crippen LogP contribution >= 0.6 is 0 Å². The molecule has 3 N–H and O–H groups in total. The van der Waals surface area contributed by atoms with Gasteiger partial charge in [0.05, 0.1) is 29.7 Å². The topological polar surface area (TPSA) is 126 Å². The Morgan fingerprint density at radius 1 is 1.24 bits per heavy atom. The number of hydrogen-bond acceptors (Lipinski definition) is 7. The van der Waals surface area contributed by atoms with Gasteiger partial charge in [-0.05, 0) is 62.1 Å². The van der Waals surface area contributed by atoms with Crippen molar-refractivity contribution in [3.05, 3.63) is 53.0 Å². The molecule has 1 aliphatic carbocycles. The number of amides is 1. The minimum Gasteiger partial charge on any atom is -0.381 e. The molecular weight excluding hydrogens is 464 g/mol. The summed E-state index contributed by atoms with van der Waals surface area (Å²) in [5.74, 6) is 0.409. The summed E-state index contributed by atoms with van der Waals surface area (Å²) in [5.41, 5.74) is 12.1. The summed E-state index contributed by atoms with van der Waals surface area (Å²) in [6, 6.07) is 6.65. The molecule has 5 rings (SSSR count). The molecule has 3 aromatic rings. The molecule has 0 radical (unpaired) electrons. The maximum absolute atomic E-state index is 12.9. The molecule has 3 heterocycles. The van der Waals surface area contributed by atoms with E-state index < -0.39 is 0 Å². The Labute approximate surface area is 217 Å². The van der Waals surface area contributed by atoms with Gasteiger partial charge in [0, 0.05) is 43.2 Å². The molecule has 1 aromatic carbocycles. The van der Waals surface area contributed by atoms with E-state index >= 15 is 0 Å². The van der Waals surface area contributed by atoms with Gasteiger partial charge in [-0.1, -0.05) is 19.3 Å². The van der Waals surface area contributed by atoms with Gasteiger partial charge in [-0.3, -0.25) is 4.79 Å². The number of benzene rings is 1.